The lowest BCUT2D eigenvalue weighted by Gasteiger charge is -2.56. The molecule has 0 atom stereocenters. The molecule has 4 bridgehead atoms. The fourth-order valence-corrected chi connectivity index (χ4v) is 7.00. The number of ether oxygens (including phenoxy) is 3. The maximum atomic E-state index is 11.3. The molecule has 0 spiro atoms. The van der Waals surface area contributed by atoms with Gasteiger partial charge in [-0.3, -0.25) is 4.79 Å². The molecule has 0 radical (unpaired) electrons. The molecule has 7 nitrogen and oxygen atoms in total. The summed E-state index contributed by atoms with van der Waals surface area (Å²) in [6, 6.07) is 3.81. The quantitative estimate of drug-likeness (QED) is 0.510. The molecule has 172 valence electrons. The number of aromatic nitrogens is 3. The summed E-state index contributed by atoms with van der Waals surface area (Å²) in [5.74, 6) is 4.50. The molecule has 7 heteroatoms. The number of methoxy groups -OCH3 is 2. The van der Waals surface area contributed by atoms with Crippen molar-refractivity contribution < 1.29 is 19.0 Å². The van der Waals surface area contributed by atoms with Gasteiger partial charge in [0.25, 0.3) is 0 Å². The van der Waals surface area contributed by atoms with Crippen LogP contribution in [0.3, 0.4) is 0 Å². The first-order valence-electron chi connectivity index (χ1n) is 11.8. The minimum absolute atomic E-state index is 0.291. The number of fused-ring (bicyclic) bond motifs is 1. The summed E-state index contributed by atoms with van der Waals surface area (Å²) in [5, 5.41) is 0. The van der Waals surface area contributed by atoms with Crippen molar-refractivity contribution in [3.63, 3.8) is 0 Å². The van der Waals surface area contributed by atoms with Gasteiger partial charge in [-0.25, -0.2) is 9.97 Å². The Morgan fingerprint density at radius 2 is 1.70 bits per heavy atom. The fourth-order valence-electron chi connectivity index (χ4n) is 7.00. The average Bonchev–Trinajstić information content (AvgIpc) is 3.23. The number of aromatic amines is 1. The molecular formula is C26H29N3O4. The number of hydrogen-bond donors (Lipinski definition) is 1. The molecule has 0 amide bonds. The molecule has 0 unspecified atom stereocenters. The van der Waals surface area contributed by atoms with Gasteiger partial charge in [-0.15, -0.1) is 0 Å². The van der Waals surface area contributed by atoms with Crippen molar-refractivity contribution in [2.24, 2.45) is 23.2 Å². The van der Waals surface area contributed by atoms with Crippen LogP contribution in [0.2, 0.25) is 0 Å². The molecule has 2 heterocycles. The number of carbonyl (C=O) groups excluding carboxylic acids is 1. The summed E-state index contributed by atoms with van der Waals surface area (Å²) >= 11 is 0. The van der Waals surface area contributed by atoms with Gasteiger partial charge in [0.05, 0.1) is 38.3 Å². The molecule has 3 aromatic rings. The maximum Gasteiger partial charge on any atom is 0.203 e. The largest absolute Gasteiger partial charge is 0.493 e. The summed E-state index contributed by atoms with van der Waals surface area (Å²) in [4.78, 5) is 23.4. The first-order valence-corrected chi connectivity index (χ1v) is 11.8. The van der Waals surface area contributed by atoms with E-state index in [1.807, 2.05) is 12.1 Å². The van der Waals surface area contributed by atoms with E-state index in [0.29, 0.717) is 51.7 Å². The second-order valence-electron chi connectivity index (χ2n) is 10.2. The Bertz CT molecular complexity index is 1160. The van der Waals surface area contributed by atoms with E-state index in [-0.39, 0.29) is 0 Å². The van der Waals surface area contributed by atoms with Crippen LogP contribution in [0.15, 0.2) is 24.5 Å². The third kappa shape index (κ3) is 3.45. The van der Waals surface area contributed by atoms with Crippen molar-refractivity contribution in [3.8, 4) is 28.5 Å². The molecule has 4 saturated carbocycles. The predicted octanol–water partition coefficient (Wildman–Crippen LogP) is 5.05. The molecular weight excluding hydrogens is 418 g/mol. The van der Waals surface area contributed by atoms with Gasteiger partial charge >= 0.3 is 0 Å². The second-order valence-corrected chi connectivity index (χ2v) is 10.2. The van der Waals surface area contributed by atoms with Gasteiger partial charge < -0.3 is 19.2 Å². The predicted molar refractivity (Wildman–Crippen MR) is 124 cm³/mol. The summed E-state index contributed by atoms with van der Waals surface area (Å²) in [5.41, 5.74) is 3.32. The van der Waals surface area contributed by atoms with Crippen molar-refractivity contribution in [1.29, 1.82) is 0 Å². The Labute approximate surface area is 192 Å². The topological polar surface area (TPSA) is 86.3 Å². The lowest BCUT2D eigenvalue weighted by Crippen LogP contribution is -2.48. The Hall–Kier alpha value is -3.09. The van der Waals surface area contributed by atoms with E-state index >= 15 is 0 Å². The van der Waals surface area contributed by atoms with Gasteiger partial charge in [-0.2, -0.15) is 0 Å². The average molecular weight is 448 g/mol. The van der Waals surface area contributed by atoms with E-state index in [0.717, 1.165) is 29.6 Å². The van der Waals surface area contributed by atoms with Crippen LogP contribution < -0.4 is 14.2 Å². The van der Waals surface area contributed by atoms with Gasteiger partial charge in [0.15, 0.2) is 23.4 Å². The lowest BCUT2D eigenvalue weighted by molar-refractivity contribution is -0.0750. The Morgan fingerprint density at radius 1 is 1.06 bits per heavy atom. The third-order valence-corrected chi connectivity index (χ3v) is 7.98. The maximum absolute atomic E-state index is 11.3. The van der Waals surface area contributed by atoms with Gasteiger partial charge in [0.2, 0.25) is 5.75 Å². The lowest BCUT2D eigenvalue weighted by atomic mass is 9.50. The van der Waals surface area contributed by atoms with Gasteiger partial charge in [0.1, 0.15) is 5.52 Å². The minimum atomic E-state index is 0.291. The summed E-state index contributed by atoms with van der Waals surface area (Å²) < 4.78 is 17.9. The number of carbonyl (C=O) groups is 1. The fraction of sp³-hybridized carbons (Fsp3) is 0.500. The van der Waals surface area contributed by atoms with Crippen LogP contribution in [-0.4, -0.2) is 42.1 Å². The highest BCUT2D eigenvalue weighted by atomic mass is 16.5. The standard InChI is InChI=1S/C26H29N3O4/c1-31-21-6-18(20-12-28-25-23(29-20)19(13-30)11-27-25)7-22(32-2)24(21)33-14-26-8-15-3-16(9-26)5-17(4-15)10-26/h6-7,11-13,15-17H,3-5,8-10,14H2,1-2H3,(H,27,28). The van der Waals surface area contributed by atoms with Crippen LogP contribution in [-0.2, 0) is 0 Å². The van der Waals surface area contributed by atoms with E-state index in [4.69, 9.17) is 14.2 Å². The molecule has 0 saturated heterocycles. The number of aldehydes is 1. The summed E-state index contributed by atoms with van der Waals surface area (Å²) in [7, 11) is 3.28. The number of nitrogens with one attached hydrogen (secondary N) is 1. The number of benzene rings is 1. The molecule has 1 N–H and O–H groups in total. The molecule has 4 fully saturated rings. The zero-order valence-electron chi connectivity index (χ0n) is 19.1. The highest BCUT2D eigenvalue weighted by molar-refractivity contribution is 5.93. The van der Waals surface area contributed by atoms with Crippen LogP contribution in [0.4, 0.5) is 0 Å². The normalized spacial score (nSPS) is 27.6. The Morgan fingerprint density at radius 3 is 2.27 bits per heavy atom. The monoisotopic (exact) mass is 447 g/mol. The molecule has 1 aromatic carbocycles. The minimum Gasteiger partial charge on any atom is -0.493 e. The van der Waals surface area contributed by atoms with E-state index in [2.05, 4.69) is 15.0 Å². The van der Waals surface area contributed by atoms with Crippen molar-refractivity contribution in [2.75, 3.05) is 20.8 Å². The Balaban J connectivity index is 1.31. The summed E-state index contributed by atoms with van der Waals surface area (Å²) in [6.45, 7) is 0.709. The SMILES string of the molecule is COc1cc(-c2cnc3[nH]cc(C=O)c3n2)cc(OC)c1OCC12CC3CC(CC(C3)C1)C2. The number of nitrogens with zero attached hydrogens (tertiary/aromatic N) is 2. The van der Waals surface area contributed by atoms with Crippen LogP contribution in [0.1, 0.15) is 48.9 Å². The van der Waals surface area contributed by atoms with Crippen LogP contribution in [0, 0.1) is 23.2 Å². The van der Waals surface area contributed by atoms with E-state index in [1.54, 1.807) is 26.6 Å². The van der Waals surface area contributed by atoms with Crippen molar-refractivity contribution >= 4 is 17.5 Å². The highest BCUT2D eigenvalue weighted by Gasteiger charge is 2.51. The molecule has 33 heavy (non-hydrogen) atoms. The van der Waals surface area contributed by atoms with Gasteiger partial charge in [0, 0.05) is 17.2 Å². The second kappa shape index (κ2) is 7.75. The molecule has 2 aromatic heterocycles. The number of rotatable bonds is 7. The van der Waals surface area contributed by atoms with Crippen molar-refractivity contribution in [1.82, 2.24) is 15.0 Å². The zero-order valence-corrected chi connectivity index (χ0v) is 19.1. The van der Waals surface area contributed by atoms with Crippen molar-refractivity contribution in [2.45, 2.75) is 38.5 Å². The first-order chi connectivity index (χ1) is 16.1. The number of H-pyrrole nitrogens is 1. The molecule has 4 aliphatic rings. The first kappa shape index (κ1) is 20.5. The highest BCUT2D eigenvalue weighted by Crippen LogP contribution is 2.60. The van der Waals surface area contributed by atoms with E-state index < -0.39 is 0 Å². The molecule has 0 aliphatic heterocycles. The van der Waals surface area contributed by atoms with Crippen LogP contribution in [0.5, 0.6) is 17.2 Å². The molecule has 7 rings (SSSR count). The third-order valence-electron chi connectivity index (χ3n) is 7.98. The van der Waals surface area contributed by atoms with Gasteiger partial charge in [-0.05, 0) is 68.4 Å². The summed E-state index contributed by atoms with van der Waals surface area (Å²) in [6.07, 6.45) is 12.2. The van der Waals surface area contributed by atoms with E-state index in [9.17, 15) is 4.79 Å². The zero-order chi connectivity index (χ0) is 22.6. The van der Waals surface area contributed by atoms with Crippen LogP contribution in [0.25, 0.3) is 22.4 Å². The van der Waals surface area contributed by atoms with Crippen molar-refractivity contribution in [3.05, 3.63) is 30.1 Å². The number of hydrogen-bond acceptors (Lipinski definition) is 6. The van der Waals surface area contributed by atoms with Crippen LogP contribution >= 0.6 is 0 Å². The van der Waals surface area contributed by atoms with E-state index in [1.165, 1.54) is 38.5 Å². The Kier molecular flexibility index (Phi) is 4.82. The smallest absolute Gasteiger partial charge is 0.203 e. The molecule has 4 aliphatic carbocycles. The van der Waals surface area contributed by atoms with Gasteiger partial charge in [-0.1, -0.05) is 0 Å².